The standard InChI is InChI=1S/C14H17ClN2/c1-13(2,14(16)5-6-14)12-8-9-7-10(15)3-4-11(9)17-12/h3-4,7-8,17H,5-6,16H2,1-2H3. The Kier molecular flexibility index (Phi) is 2.14. The SMILES string of the molecule is CC(C)(c1cc2cc(Cl)ccc2[nH]1)C1(N)CC1. The molecular weight excluding hydrogens is 232 g/mol. The van der Waals surface area contributed by atoms with Gasteiger partial charge in [-0.05, 0) is 37.1 Å². The summed E-state index contributed by atoms with van der Waals surface area (Å²) in [5.74, 6) is 0. The van der Waals surface area contributed by atoms with Gasteiger partial charge in [-0.1, -0.05) is 25.4 Å². The van der Waals surface area contributed by atoms with Gasteiger partial charge in [-0.15, -0.1) is 0 Å². The van der Waals surface area contributed by atoms with E-state index >= 15 is 0 Å². The van der Waals surface area contributed by atoms with Crippen LogP contribution in [0, 0.1) is 0 Å². The first-order valence-electron chi connectivity index (χ1n) is 6.00. The van der Waals surface area contributed by atoms with Crippen molar-refractivity contribution in [2.24, 2.45) is 5.73 Å². The maximum Gasteiger partial charge on any atom is 0.0457 e. The van der Waals surface area contributed by atoms with Crippen molar-refractivity contribution in [1.82, 2.24) is 4.98 Å². The van der Waals surface area contributed by atoms with Gasteiger partial charge >= 0.3 is 0 Å². The van der Waals surface area contributed by atoms with Crippen LogP contribution in [0.4, 0.5) is 0 Å². The Morgan fingerprint density at radius 2 is 2.00 bits per heavy atom. The molecule has 1 saturated carbocycles. The van der Waals surface area contributed by atoms with Crippen molar-refractivity contribution in [2.45, 2.75) is 37.6 Å². The molecule has 17 heavy (non-hydrogen) atoms. The summed E-state index contributed by atoms with van der Waals surface area (Å²) in [6.45, 7) is 4.43. The predicted octanol–water partition coefficient (Wildman–Crippen LogP) is 3.59. The van der Waals surface area contributed by atoms with Gasteiger partial charge in [0, 0.05) is 32.6 Å². The number of rotatable bonds is 2. The molecule has 3 heteroatoms. The summed E-state index contributed by atoms with van der Waals surface area (Å²) in [6.07, 6.45) is 2.21. The molecule has 0 amide bonds. The molecule has 0 saturated heterocycles. The number of H-pyrrole nitrogens is 1. The molecule has 1 aromatic heterocycles. The second-order valence-corrected chi connectivity index (χ2v) is 6.13. The Morgan fingerprint density at radius 1 is 1.29 bits per heavy atom. The Labute approximate surface area is 106 Å². The van der Waals surface area contributed by atoms with Crippen molar-refractivity contribution in [3.05, 3.63) is 35.0 Å². The summed E-state index contributed by atoms with van der Waals surface area (Å²) in [5.41, 5.74) is 8.63. The Morgan fingerprint density at radius 3 is 2.65 bits per heavy atom. The molecule has 0 unspecified atom stereocenters. The third-order valence-electron chi connectivity index (χ3n) is 4.29. The second kappa shape index (κ2) is 3.27. The van der Waals surface area contributed by atoms with Gasteiger partial charge in [0.2, 0.25) is 0 Å². The number of aromatic nitrogens is 1. The Hall–Kier alpha value is -0.990. The van der Waals surface area contributed by atoms with Crippen molar-refractivity contribution in [3.8, 4) is 0 Å². The summed E-state index contributed by atoms with van der Waals surface area (Å²) in [7, 11) is 0. The van der Waals surface area contributed by atoms with Crippen LogP contribution < -0.4 is 5.73 Å². The molecule has 1 heterocycles. The molecule has 1 aromatic carbocycles. The van der Waals surface area contributed by atoms with Crippen molar-refractivity contribution < 1.29 is 0 Å². The summed E-state index contributed by atoms with van der Waals surface area (Å²) in [4.78, 5) is 3.47. The highest BCUT2D eigenvalue weighted by Gasteiger charge is 2.52. The third-order valence-corrected chi connectivity index (χ3v) is 4.52. The number of hydrogen-bond acceptors (Lipinski definition) is 1. The van der Waals surface area contributed by atoms with E-state index in [0.717, 1.165) is 28.8 Å². The van der Waals surface area contributed by atoms with Crippen LogP contribution in [0.5, 0.6) is 0 Å². The third kappa shape index (κ3) is 1.59. The van der Waals surface area contributed by atoms with Crippen LogP contribution >= 0.6 is 11.6 Å². The summed E-state index contributed by atoms with van der Waals surface area (Å²) in [6, 6.07) is 8.09. The number of halogens is 1. The highest BCUT2D eigenvalue weighted by atomic mass is 35.5. The van der Waals surface area contributed by atoms with E-state index in [1.807, 2.05) is 18.2 Å². The van der Waals surface area contributed by atoms with Crippen LogP contribution in [0.2, 0.25) is 5.02 Å². The number of hydrogen-bond donors (Lipinski definition) is 2. The van der Waals surface area contributed by atoms with E-state index in [0.29, 0.717) is 0 Å². The zero-order valence-electron chi connectivity index (χ0n) is 10.2. The van der Waals surface area contributed by atoms with Crippen molar-refractivity contribution >= 4 is 22.5 Å². The van der Waals surface area contributed by atoms with E-state index in [1.165, 1.54) is 5.69 Å². The number of nitrogens with two attached hydrogens (primary N) is 1. The Balaban J connectivity index is 2.12. The lowest BCUT2D eigenvalue weighted by Crippen LogP contribution is -2.43. The molecule has 2 nitrogen and oxygen atoms in total. The molecule has 3 N–H and O–H groups in total. The highest BCUT2D eigenvalue weighted by molar-refractivity contribution is 6.31. The lowest BCUT2D eigenvalue weighted by molar-refractivity contribution is 0.383. The van der Waals surface area contributed by atoms with Crippen LogP contribution in [0.3, 0.4) is 0 Å². The van der Waals surface area contributed by atoms with E-state index in [-0.39, 0.29) is 11.0 Å². The lowest BCUT2D eigenvalue weighted by Gasteiger charge is -2.31. The molecule has 90 valence electrons. The fourth-order valence-corrected chi connectivity index (χ4v) is 2.65. The van der Waals surface area contributed by atoms with Gasteiger partial charge in [0.15, 0.2) is 0 Å². The molecular formula is C14H17ClN2. The van der Waals surface area contributed by atoms with Gasteiger partial charge in [-0.2, -0.15) is 0 Å². The molecule has 0 aliphatic heterocycles. The van der Waals surface area contributed by atoms with Gasteiger partial charge in [0.05, 0.1) is 0 Å². The van der Waals surface area contributed by atoms with Gasteiger partial charge in [-0.3, -0.25) is 0 Å². The first-order chi connectivity index (χ1) is 7.92. The van der Waals surface area contributed by atoms with Gasteiger partial charge in [0.25, 0.3) is 0 Å². The summed E-state index contributed by atoms with van der Waals surface area (Å²) >= 11 is 6.01. The summed E-state index contributed by atoms with van der Waals surface area (Å²) < 4.78 is 0. The molecule has 1 aliphatic rings. The topological polar surface area (TPSA) is 41.8 Å². The van der Waals surface area contributed by atoms with Crippen molar-refractivity contribution in [3.63, 3.8) is 0 Å². The van der Waals surface area contributed by atoms with Crippen molar-refractivity contribution in [2.75, 3.05) is 0 Å². The molecule has 0 radical (unpaired) electrons. The van der Waals surface area contributed by atoms with Gasteiger partial charge < -0.3 is 10.7 Å². The number of nitrogens with one attached hydrogen (secondary N) is 1. The maximum atomic E-state index is 6.36. The van der Waals surface area contributed by atoms with E-state index in [2.05, 4.69) is 24.9 Å². The normalized spacial score (nSPS) is 18.6. The molecule has 1 aliphatic carbocycles. The van der Waals surface area contributed by atoms with Gasteiger partial charge in [-0.25, -0.2) is 0 Å². The molecule has 0 bridgehead atoms. The average molecular weight is 249 g/mol. The zero-order valence-corrected chi connectivity index (χ0v) is 10.9. The first-order valence-corrected chi connectivity index (χ1v) is 6.38. The molecule has 1 fully saturated rings. The van der Waals surface area contributed by atoms with E-state index in [9.17, 15) is 0 Å². The molecule has 3 rings (SSSR count). The van der Waals surface area contributed by atoms with Crippen LogP contribution in [0.25, 0.3) is 10.9 Å². The number of benzene rings is 1. The molecule has 0 spiro atoms. The first kappa shape index (κ1) is 11.1. The minimum atomic E-state index is -0.0440. The second-order valence-electron chi connectivity index (χ2n) is 5.70. The van der Waals surface area contributed by atoms with E-state index < -0.39 is 0 Å². The van der Waals surface area contributed by atoms with E-state index in [1.54, 1.807) is 0 Å². The van der Waals surface area contributed by atoms with Crippen LogP contribution in [0.1, 0.15) is 32.4 Å². The minimum Gasteiger partial charge on any atom is -0.358 e. The monoisotopic (exact) mass is 248 g/mol. The van der Waals surface area contributed by atoms with Gasteiger partial charge in [0.1, 0.15) is 0 Å². The maximum absolute atomic E-state index is 6.36. The van der Waals surface area contributed by atoms with Crippen LogP contribution in [0.15, 0.2) is 24.3 Å². The number of aromatic amines is 1. The molecule has 0 atom stereocenters. The largest absolute Gasteiger partial charge is 0.358 e. The summed E-state index contributed by atoms with van der Waals surface area (Å²) in [5, 5.41) is 1.93. The van der Waals surface area contributed by atoms with Crippen molar-refractivity contribution in [1.29, 1.82) is 0 Å². The van der Waals surface area contributed by atoms with Crippen LogP contribution in [-0.4, -0.2) is 10.5 Å². The zero-order chi connectivity index (χ0) is 12.3. The minimum absolute atomic E-state index is 0.0154. The quantitative estimate of drug-likeness (QED) is 0.838. The Bertz CT molecular complexity index is 579. The van der Waals surface area contributed by atoms with E-state index in [4.69, 9.17) is 17.3 Å². The number of fused-ring (bicyclic) bond motifs is 1. The highest BCUT2D eigenvalue weighted by Crippen LogP contribution is 2.49. The lowest BCUT2D eigenvalue weighted by atomic mass is 9.79. The fourth-order valence-electron chi connectivity index (χ4n) is 2.47. The van der Waals surface area contributed by atoms with Crippen LogP contribution in [-0.2, 0) is 5.41 Å². The smallest absolute Gasteiger partial charge is 0.0457 e. The molecule has 2 aromatic rings. The average Bonchev–Trinajstić information content (AvgIpc) is 2.89. The predicted molar refractivity (Wildman–Crippen MR) is 72.5 cm³/mol. The fraction of sp³-hybridized carbons (Fsp3) is 0.429.